The molecule has 68 valence electrons. The Hall–Kier alpha value is -0.800. The first-order valence-electron chi connectivity index (χ1n) is 4.03. The molecule has 0 radical (unpaired) electrons. The lowest BCUT2D eigenvalue weighted by molar-refractivity contribution is 0.153. The molecule has 1 rings (SSSR count). The van der Waals surface area contributed by atoms with Crippen LogP contribution in [0, 0.1) is 13.8 Å². The number of hydrogen-bond donors (Lipinski definition) is 2. The Morgan fingerprint density at radius 1 is 1.50 bits per heavy atom. The molecular weight excluding hydrogens is 154 g/mol. The van der Waals surface area contributed by atoms with Crippen molar-refractivity contribution >= 4 is 0 Å². The zero-order valence-corrected chi connectivity index (χ0v) is 7.66. The van der Waals surface area contributed by atoms with Crippen molar-refractivity contribution in [3.8, 4) is 0 Å². The molecule has 0 aliphatic rings. The summed E-state index contributed by atoms with van der Waals surface area (Å²) in [6.45, 7) is 5.49. The second-order valence-electron chi connectivity index (χ2n) is 3.15. The van der Waals surface area contributed by atoms with Crippen LogP contribution in [-0.2, 0) is 0 Å². The Kier molecular flexibility index (Phi) is 2.55. The Morgan fingerprint density at radius 2 is 2.08 bits per heavy atom. The van der Waals surface area contributed by atoms with Crippen LogP contribution in [-0.4, -0.2) is 11.2 Å². The summed E-state index contributed by atoms with van der Waals surface area (Å²) in [4.78, 5) is 0. The van der Waals surface area contributed by atoms with E-state index in [1.165, 1.54) is 0 Å². The van der Waals surface area contributed by atoms with Gasteiger partial charge in [-0.15, -0.1) is 0 Å². The second-order valence-corrected chi connectivity index (χ2v) is 3.15. The number of rotatable bonds is 2. The van der Waals surface area contributed by atoms with E-state index in [9.17, 15) is 5.11 Å². The van der Waals surface area contributed by atoms with Crippen LogP contribution in [0.3, 0.4) is 0 Å². The van der Waals surface area contributed by atoms with E-state index in [4.69, 9.17) is 10.2 Å². The van der Waals surface area contributed by atoms with Crippen molar-refractivity contribution in [2.45, 2.75) is 32.9 Å². The molecule has 0 fully saturated rings. The van der Waals surface area contributed by atoms with Crippen LogP contribution in [0.25, 0.3) is 0 Å². The van der Waals surface area contributed by atoms with Gasteiger partial charge in [0.2, 0.25) is 0 Å². The van der Waals surface area contributed by atoms with Crippen LogP contribution in [0.4, 0.5) is 0 Å². The maximum atomic E-state index is 9.19. The predicted octanol–water partition coefficient (Wildman–Crippen LogP) is 1.28. The Bertz CT molecular complexity index is 246. The van der Waals surface area contributed by atoms with Crippen LogP contribution in [0.2, 0.25) is 0 Å². The summed E-state index contributed by atoms with van der Waals surface area (Å²) in [6, 6.07) is 1.45. The first kappa shape index (κ1) is 9.29. The third-order valence-electron chi connectivity index (χ3n) is 2.03. The number of aliphatic hydroxyl groups excluding tert-OH is 1. The van der Waals surface area contributed by atoms with Crippen molar-refractivity contribution in [1.82, 2.24) is 0 Å². The molecule has 3 heteroatoms. The largest absolute Gasteiger partial charge is 0.464 e. The summed E-state index contributed by atoms with van der Waals surface area (Å²) < 4.78 is 5.35. The van der Waals surface area contributed by atoms with Crippen LogP contribution < -0.4 is 5.73 Å². The molecule has 3 N–H and O–H groups in total. The molecule has 0 spiro atoms. The minimum atomic E-state index is -0.574. The van der Waals surface area contributed by atoms with Crippen LogP contribution in [0.5, 0.6) is 0 Å². The lowest BCUT2D eigenvalue weighted by atomic mass is 10.1. The molecule has 0 amide bonds. The van der Waals surface area contributed by atoms with Gasteiger partial charge >= 0.3 is 0 Å². The molecule has 0 aliphatic heterocycles. The fourth-order valence-electron chi connectivity index (χ4n) is 1.00. The third kappa shape index (κ3) is 1.68. The molecule has 0 bridgehead atoms. The average molecular weight is 169 g/mol. The van der Waals surface area contributed by atoms with Gasteiger partial charge in [0.25, 0.3) is 0 Å². The predicted molar refractivity (Wildman–Crippen MR) is 46.8 cm³/mol. The molecule has 3 nitrogen and oxygen atoms in total. The maximum absolute atomic E-state index is 9.19. The van der Waals surface area contributed by atoms with Crippen molar-refractivity contribution in [3.63, 3.8) is 0 Å². The van der Waals surface area contributed by atoms with Gasteiger partial charge in [0.05, 0.1) is 12.1 Å². The van der Waals surface area contributed by atoms with E-state index in [-0.39, 0.29) is 0 Å². The van der Waals surface area contributed by atoms with Gasteiger partial charge in [0.15, 0.2) is 0 Å². The first-order chi connectivity index (χ1) is 5.52. The molecule has 0 unspecified atom stereocenters. The Balaban J connectivity index is 2.89. The minimum Gasteiger partial charge on any atom is -0.464 e. The number of nitrogens with two attached hydrogens (primary N) is 1. The monoisotopic (exact) mass is 169 g/mol. The van der Waals surface area contributed by atoms with Crippen molar-refractivity contribution in [2.24, 2.45) is 5.73 Å². The molecule has 0 aromatic carbocycles. The van der Waals surface area contributed by atoms with Gasteiger partial charge in [0, 0.05) is 0 Å². The second kappa shape index (κ2) is 3.29. The lowest BCUT2D eigenvalue weighted by Gasteiger charge is -2.10. The van der Waals surface area contributed by atoms with Crippen molar-refractivity contribution in [2.75, 3.05) is 0 Å². The van der Waals surface area contributed by atoms with Crippen molar-refractivity contribution < 1.29 is 9.52 Å². The molecule has 1 heterocycles. The van der Waals surface area contributed by atoms with E-state index in [0.717, 1.165) is 11.3 Å². The molecule has 1 aromatic rings. The number of hydrogen-bond acceptors (Lipinski definition) is 3. The third-order valence-corrected chi connectivity index (χ3v) is 2.03. The smallest absolute Gasteiger partial charge is 0.123 e. The normalized spacial score (nSPS) is 16.1. The Morgan fingerprint density at radius 3 is 2.42 bits per heavy atom. The topological polar surface area (TPSA) is 59.4 Å². The van der Waals surface area contributed by atoms with Crippen LogP contribution in [0.15, 0.2) is 10.5 Å². The van der Waals surface area contributed by atoms with E-state index in [2.05, 4.69) is 0 Å². The fraction of sp³-hybridized carbons (Fsp3) is 0.556. The zero-order valence-electron chi connectivity index (χ0n) is 7.66. The summed E-state index contributed by atoms with van der Waals surface area (Å²) >= 11 is 0. The highest BCUT2D eigenvalue weighted by Crippen LogP contribution is 2.20. The minimum absolute atomic E-state index is 0.419. The molecule has 0 saturated carbocycles. The summed E-state index contributed by atoms with van der Waals surface area (Å²) in [5.74, 6) is 1.51. The highest BCUT2D eigenvalue weighted by atomic mass is 16.3. The standard InChI is InChI=1S/C9H15NO2/c1-5-4-8(12-7(5)3)9(10)6(2)11/h4,6,9,11H,10H2,1-3H3/t6-,9-/m0/s1. The van der Waals surface area contributed by atoms with Gasteiger partial charge in [-0.1, -0.05) is 0 Å². The molecular formula is C9H15NO2. The van der Waals surface area contributed by atoms with Crippen LogP contribution >= 0.6 is 0 Å². The van der Waals surface area contributed by atoms with E-state index in [1.807, 2.05) is 19.9 Å². The maximum Gasteiger partial charge on any atom is 0.123 e. The summed E-state index contributed by atoms with van der Waals surface area (Å²) in [6.07, 6.45) is -0.574. The van der Waals surface area contributed by atoms with E-state index in [1.54, 1.807) is 6.92 Å². The van der Waals surface area contributed by atoms with Gasteiger partial charge in [-0.3, -0.25) is 0 Å². The lowest BCUT2D eigenvalue weighted by Crippen LogP contribution is -2.22. The average Bonchev–Trinajstić information content (AvgIpc) is 2.30. The van der Waals surface area contributed by atoms with Crippen molar-refractivity contribution in [3.05, 3.63) is 23.2 Å². The summed E-state index contributed by atoms with van der Waals surface area (Å²) in [7, 11) is 0. The van der Waals surface area contributed by atoms with Gasteiger partial charge < -0.3 is 15.3 Å². The molecule has 0 aliphatic carbocycles. The van der Waals surface area contributed by atoms with Crippen molar-refractivity contribution in [1.29, 1.82) is 0 Å². The SMILES string of the molecule is Cc1cc([C@@H](N)[C@H](C)O)oc1C. The van der Waals surface area contributed by atoms with E-state index >= 15 is 0 Å². The van der Waals surface area contributed by atoms with Crippen LogP contribution in [0.1, 0.15) is 30.0 Å². The van der Waals surface area contributed by atoms with E-state index in [0.29, 0.717) is 5.76 Å². The molecule has 12 heavy (non-hydrogen) atoms. The Labute approximate surface area is 72.2 Å². The molecule has 2 atom stereocenters. The fourth-order valence-corrected chi connectivity index (χ4v) is 1.00. The highest BCUT2D eigenvalue weighted by molar-refractivity contribution is 5.21. The molecule has 1 aromatic heterocycles. The number of aliphatic hydroxyl groups is 1. The molecule has 0 saturated heterocycles. The number of furan rings is 1. The zero-order chi connectivity index (χ0) is 9.30. The first-order valence-corrected chi connectivity index (χ1v) is 4.03. The van der Waals surface area contributed by atoms with E-state index < -0.39 is 12.1 Å². The van der Waals surface area contributed by atoms with Gasteiger partial charge in [0.1, 0.15) is 11.5 Å². The van der Waals surface area contributed by atoms with Gasteiger partial charge in [-0.2, -0.15) is 0 Å². The number of aryl methyl sites for hydroxylation is 2. The summed E-state index contributed by atoms with van der Waals surface area (Å²) in [5.41, 5.74) is 6.75. The summed E-state index contributed by atoms with van der Waals surface area (Å²) in [5, 5.41) is 9.19. The quantitative estimate of drug-likeness (QED) is 0.701. The highest BCUT2D eigenvalue weighted by Gasteiger charge is 2.16. The van der Waals surface area contributed by atoms with Gasteiger partial charge in [-0.25, -0.2) is 0 Å². The van der Waals surface area contributed by atoms with Gasteiger partial charge in [-0.05, 0) is 32.4 Å².